The molecular weight excluding hydrogens is 492 g/mol. The van der Waals surface area contributed by atoms with Gasteiger partial charge in [0.05, 0.1) is 10.5 Å². The van der Waals surface area contributed by atoms with Crippen LogP contribution in [-0.2, 0) is 0 Å². The Labute approximate surface area is 215 Å². The average Bonchev–Trinajstić information content (AvgIpc) is 2.72. The van der Waals surface area contributed by atoms with Crippen molar-refractivity contribution in [1.82, 2.24) is 0 Å². The van der Waals surface area contributed by atoms with Crippen molar-refractivity contribution in [2.24, 2.45) is 0 Å². The maximum Gasteiger partial charge on any atom is 0.279 e. The van der Waals surface area contributed by atoms with Crippen molar-refractivity contribution in [3.8, 4) is 11.5 Å². The zero-order valence-corrected chi connectivity index (χ0v) is 25.0. The molecule has 2 rings (SSSR count). The monoisotopic (exact) mass is 532 g/mol. The first-order chi connectivity index (χ1) is 16.1. The van der Waals surface area contributed by atoms with Crippen molar-refractivity contribution in [2.45, 2.75) is 77.8 Å². The van der Waals surface area contributed by atoms with Gasteiger partial charge in [-0.15, -0.1) is 0 Å². The van der Waals surface area contributed by atoms with Crippen molar-refractivity contribution in [1.29, 1.82) is 0 Å². The van der Waals surface area contributed by atoms with Gasteiger partial charge >= 0.3 is 0 Å². The molecule has 8 nitrogen and oxygen atoms in total. The summed E-state index contributed by atoms with van der Waals surface area (Å²) in [6.45, 7) is 20.0. The molecule has 0 spiro atoms. The molecule has 0 heterocycles. The highest BCUT2D eigenvalue weighted by molar-refractivity contribution is 7.08. The number of hydrogen-bond donors (Lipinski definition) is 3. The van der Waals surface area contributed by atoms with Crippen LogP contribution in [0, 0.1) is 10.1 Å². The van der Waals surface area contributed by atoms with E-state index < -0.39 is 21.1 Å². The van der Waals surface area contributed by atoms with Gasteiger partial charge < -0.3 is 15.9 Å². The Morgan fingerprint density at radius 1 is 0.778 bits per heavy atom. The Hall–Kier alpha value is -2.99. The second-order valence-electron chi connectivity index (χ2n) is 12.1. The zero-order chi connectivity index (χ0) is 28.4. The first-order valence-corrected chi connectivity index (χ1v) is 17.7. The highest BCUT2D eigenvalue weighted by atomic mass is 28.3. The highest BCUT2D eigenvalue weighted by Crippen LogP contribution is 2.40. The van der Waals surface area contributed by atoms with Crippen LogP contribution in [-0.4, -0.2) is 42.1 Å². The highest BCUT2D eigenvalue weighted by Gasteiger charge is 2.45. The van der Waals surface area contributed by atoms with Gasteiger partial charge in [0.15, 0.2) is 0 Å². The lowest BCUT2D eigenvalue weighted by Crippen LogP contribution is -2.46. The zero-order valence-electron chi connectivity index (χ0n) is 23.0. The maximum absolute atomic E-state index is 12.6. The van der Waals surface area contributed by atoms with E-state index in [0.717, 1.165) is 0 Å². The summed E-state index contributed by atoms with van der Waals surface area (Å²) in [5.41, 5.74) is 6.49. The summed E-state index contributed by atoms with van der Waals surface area (Å²) in [5, 5.41) is 29.6. The minimum Gasteiger partial charge on any atom is -0.508 e. The number of nitro groups is 1. The summed E-state index contributed by atoms with van der Waals surface area (Å²) < 4.78 is 0. The number of phenolic OH excluding ortho intramolecular Hbond substituents is 2. The molecule has 0 radical (unpaired) electrons. The molecule has 4 N–H and O–H groups in total. The number of rotatable bonds is 5. The number of phenols is 2. The van der Waals surface area contributed by atoms with Crippen molar-refractivity contribution in [3.63, 3.8) is 0 Å². The lowest BCUT2D eigenvalue weighted by Gasteiger charge is -2.35. The number of carbonyl (C=O) groups is 2. The minimum absolute atomic E-state index is 0.0107. The van der Waals surface area contributed by atoms with Crippen LogP contribution in [0.15, 0.2) is 36.4 Å². The first kappa shape index (κ1) is 31.0. The predicted octanol–water partition coefficient (Wildman–Crippen LogP) is 6.74. The molecule has 0 bridgehead atoms. The van der Waals surface area contributed by atoms with Crippen LogP contribution < -0.4 is 5.73 Å². The van der Waals surface area contributed by atoms with E-state index in [-0.39, 0.29) is 43.6 Å². The number of anilines is 1. The van der Waals surface area contributed by atoms with Crippen LogP contribution in [0.2, 0.25) is 36.3 Å². The largest absolute Gasteiger partial charge is 0.508 e. The number of aromatic hydroxyl groups is 2. The van der Waals surface area contributed by atoms with Crippen molar-refractivity contribution >= 4 is 38.3 Å². The molecule has 0 aromatic heterocycles. The third-order valence-electron chi connectivity index (χ3n) is 7.59. The summed E-state index contributed by atoms with van der Waals surface area (Å²) in [6.07, 6.45) is 0. The molecule has 2 aromatic rings. The maximum atomic E-state index is 12.6. The Morgan fingerprint density at radius 2 is 1.14 bits per heavy atom. The first-order valence-electron chi connectivity index (χ1n) is 11.7. The summed E-state index contributed by atoms with van der Waals surface area (Å²) in [7, 11) is -4.54. The van der Waals surface area contributed by atoms with Gasteiger partial charge in [0, 0.05) is 17.3 Å². The van der Waals surface area contributed by atoms with Crippen LogP contribution in [0.4, 0.5) is 11.4 Å². The van der Waals surface area contributed by atoms with E-state index >= 15 is 0 Å². The van der Waals surface area contributed by atoms with Crippen molar-refractivity contribution < 1.29 is 24.7 Å². The minimum atomic E-state index is -2.40. The quantitative estimate of drug-likeness (QED) is 0.127. The number of nitrogens with zero attached hydrogens (tertiary/aromatic N) is 1. The summed E-state index contributed by atoms with van der Waals surface area (Å²) in [5.74, 6) is -0.0473. The molecule has 0 unspecified atom stereocenters. The smallest absolute Gasteiger partial charge is 0.279 e. The molecule has 0 saturated carbocycles. The van der Waals surface area contributed by atoms with Crippen molar-refractivity contribution in [3.05, 3.63) is 57.6 Å². The molecule has 0 fully saturated rings. The van der Waals surface area contributed by atoms with Gasteiger partial charge in [0.1, 0.15) is 38.5 Å². The SMILES string of the molecule is CC(C)(C)[Si](C)(C)C(=O)c1cc(O)ccc1N.CC(C)(C)[Si](C)(C)C(=O)c1cc(O)ccc1[N+](=O)[O-]. The Morgan fingerprint density at radius 3 is 1.53 bits per heavy atom. The number of carbonyl (C=O) groups excluding carboxylic acids is 2. The standard InChI is InChI=1S/C13H19NO4Si.C13H21NO2Si/c1-13(2,3)19(4,5)12(16)10-8-9(15)6-7-11(10)14(17)18;1-13(2,3)17(4,5)12(16)10-8-9(15)6-7-11(10)14/h6-8,15H,1-5H3;6-8,15H,14H2,1-5H3. The second-order valence-corrected chi connectivity index (χ2v) is 22.5. The molecule has 0 aliphatic heterocycles. The van der Waals surface area contributed by atoms with E-state index in [1.807, 2.05) is 47.0 Å². The van der Waals surface area contributed by atoms with E-state index in [9.17, 15) is 29.9 Å². The molecular formula is C26H40N2O6Si2. The second kappa shape index (κ2) is 10.6. The van der Waals surface area contributed by atoms with E-state index in [4.69, 9.17) is 5.73 Å². The molecule has 198 valence electrons. The van der Waals surface area contributed by atoms with Crippen LogP contribution >= 0.6 is 0 Å². The van der Waals surface area contributed by atoms with E-state index in [2.05, 4.69) is 20.8 Å². The molecule has 0 atom stereocenters. The number of nitrogen functional groups attached to an aromatic ring is 1. The fraction of sp³-hybridized carbons (Fsp3) is 0.462. The van der Waals surface area contributed by atoms with Crippen LogP contribution in [0.5, 0.6) is 11.5 Å². The Balaban J connectivity index is 0.000000362. The van der Waals surface area contributed by atoms with E-state index in [1.54, 1.807) is 6.07 Å². The Bertz CT molecular complexity index is 1160. The topological polar surface area (TPSA) is 144 Å². The van der Waals surface area contributed by atoms with Crippen LogP contribution in [0.25, 0.3) is 0 Å². The average molecular weight is 533 g/mol. The fourth-order valence-electron chi connectivity index (χ4n) is 2.96. The molecule has 0 aliphatic rings. The van der Waals surface area contributed by atoms with Crippen LogP contribution in [0.1, 0.15) is 62.3 Å². The summed E-state index contributed by atoms with van der Waals surface area (Å²) >= 11 is 0. The van der Waals surface area contributed by atoms with Gasteiger partial charge in [-0.1, -0.05) is 67.7 Å². The lowest BCUT2D eigenvalue weighted by atomic mass is 10.2. The number of benzene rings is 2. The molecule has 2 aromatic carbocycles. The number of hydrogen-bond acceptors (Lipinski definition) is 7. The molecule has 10 heteroatoms. The van der Waals surface area contributed by atoms with Gasteiger partial charge in [-0.05, 0) is 40.4 Å². The van der Waals surface area contributed by atoms with E-state index in [1.165, 1.54) is 30.3 Å². The fourth-order valence-corrected chi connectivity index (χ4v) is 6.09. The van der Waals surface area contributed by atoms with Gasteiger partial charge in [-0.25, -0.2) is 0 Å². The van der Waals surface area contributed by atoms with Crippen molar-refractivity contribution in [2.75, 3.05) is 5.73 Å². The third kappa shape index (κ3) is 6.61. The number of nitro benzene ring substituents is 1. The van der Waals surface area contributed by atoms with Gasteiger partial charge in [-0.3, -0.25) is 19.7 Å². The molecule has 0 amide bonds. The molecule has 0 aliphatic carbocycles. The number of nitrogens with two attached hydrogens (primary N) is 1. The summed E-state index contributed by atoms with van der Waals surface area (Å²) in [4.78, 5) is 35.6. The molecule has 0 saturated heterocycles. The molecule has 36 heavy (non-hydrogen) atoms. The Kier molecular flexibility index (Phi) is 9.10. The predicted molar refractivity (Wildman–Crippen MR) is 150 cm³/mol. The normalized spacial score (nSPS) is 12.4. The van der Waals surface area contributed by atoms with E-state index in [0.29, 0.717) is 11.3 Å². The van der Waals surface area contributed by atoms with Gasteiger partial charge in [0.2, 0.25) is 0 Å². The van der Waals surface area contributed by atoms with Gasteiger partial charge in [0.25, 0.3) is 5.69 Å². The summed E-state index contributed by atoms with van der Waals surface area (Å²) in [6, 6.07) is 8.14. The van der Waals surface area contributed by atoms with Crippen LogP contribution in [0.3, 0.4) is 0 Å². The third-order valence-corrected chi connectivity index (χ3v) is 17.9. The lowest BCUT2D eigenvalue weighted by molar-refractivity contribution is -0.385. The van der Waals surface area contributed by atoms with Gasteiger partial charge in [-0.2, -0.15) is 0 Å².